The van der Waals surface area contributed by atoms with Gasteiger partial charge in [-0.15, -0.1) is 10.2 Å². The maximum absolute atomic E-state index is 13.3. The van der Waals surface area contributed by atoms with E-state index < -0.39 is 5.82 Å². The molecule has 0 saturated heterocycles. The first-order chi connectivity index (χ1) is 7.65. The molecule has 1 aromatic carbocycles. The van der Waals surface area contributed by atoms with Gasteiger partial charge in [-0.25, -0.2) is 4.39 Å². The number of benzene rings is 1. The van der Waals surface area contributed by atoms with Crippen molar-refractivity contribution in [3.63, 3.8) is 0 Å². The Morgan fingerprint density at radius 2 is 2.00 bits per heavy atom. The second kappa shape index (κ2) is 4.14. The van der Waals surface area contributed by atoms with E-state index in [4.69, 9.17) is 10.5 Å². The zero-order valence-electron chi connectivity index (χ0n) is 8.64. The number of anilines is 1. The van der Waals surface area contributed by atoms with Crippen LogP contribution in [0.4, 0.5) is 10.2 Å². The van der Waals surface area contributed by atoms with E-state index in [1.54, 1.807) is 12.1 Å². The molecule has 2 aromatic rings. The van der Waals surface area contributed by atoms with Crippen molar-refractivity contribution in [2.75, 3.05) is 5.73 Å². The molecule has 1 aromatic heterocycles. The molecule has 5 heteroatoms. The van der Waals surface area contributed by atoms with Gasteiger partial charge in [0.1, 0.15) is 5.82 Å². The predicted molar refractivity (Wildman–Crippen MR) is 57.7 cm³/mol. The lowest BCUT2D eigenvalue weighted by Crippen LogP contribution is -1.96. The molecular formula is C11H10FN3O. The minimum atomic E-state index is -0.441. The van der Waals surface area contributed by atoms with Crippen molar-refractivity contribution >= 4 is 5.82 Å². The summed E-state index contributed by atoms with van der Waals surface area (Å²) in [6, 6.07) is 7.67. The van der Waals surface area contributed by atoms with Gasteiger partial charge in [-0.05, 0) is 30.7 Å². The first-order valence-corrected chi connectivity index (χ1v) is 4.68. The Labute approximate surface area is 91.9 Å². The highest BCUT2D eigenvalue weighted by molar-refractivity contribution is 5.34. The van der Waals surface area contributed by atoms with Gasteiger partial charge in [0.2, 0.25) is 5.88 Å². The molecule has 0 aliphatic rings. The van der Waals surface area contributed by atoms with Crippen molar-refractivity contribution in [2.45, 2.75) is 6.92 Å². The average Bonchev–Trinajstić information content (AvgIpc) is 2.27. The molecule has 16 heavy (non-hydrogen) atoms. The normalized spacial score (nSPS) is 10.1. The molecule has 0 unspecified atom stereocenters. The molecule has 4 nitrogen and oxygen atoms in total. The Kier molecular flexibility index (Phi) is 2.68. The number of aryl methyl sites for hydroxylation is 1. The fourth-order valence-electron chi connectivity index (χ4n) is 1.19. The van der Waals surface area contributed by atoms with Crippen molar-refractivity contribution in [1.82, 2.24) is 10.2 Å². The minimum absolute atomic E-state index is 0.124. The van der Waals surface area contributed by atoms with Crippen LogP contribution >= 0.6 is 0 Å². The van der Waals surface area contributed by atoms with Gasteiger partial charge in [-0.1, -0.05) is 6.07 Å². The number of nitrogens with zero attached hydrogens (tertiary/aromatic N) is 2. The number of hydrogen-bond donors (Lipinski definition) is 1. The van der Waals surface area contributed by atoms with Crippen LogP contribution in [-0.4, -0.2) is 10.2 Å². The number of aromatic nitrogens is 2. The van der Waals surface area contributed by atoms with Crippen molar-refractivity contribution in [1.29, 1.82) is 0 Å². The third-order valence-corrected chi connectivity index (χ3v) is 1.96. The lowest BCUT2D eigenvalue weighted by atomic mass is 10.2. The van der Waals surface area contributed by atoms with Gasteiger partial charge in [-0.2, -0.15) is 0 Å². The molecule has 1 heterocycles. The lowest BCUT2D eigenvalue weighted by molar-refractivity contribution is 0.422. The molecule has 0 spiro atoms. The summed E-state index contributed by atoms with van der Waals surface area (Å²) in [6.07, 6.45) is 0. The van der Waals surface area contributed by atoms with Crippen LogP contribution in [0.15, 0.2) is 30.3 Å². The molecule has 2 rings (SSSR count). The summed E-state index contributed by atoms with van der Waals surface area (Å²) < 4.78 is 18.6. The van der Waals surface area contributed by atoms with E-state index in [0.717, 1.165) is 5.56 Å². The highest BCUT2D eigenvalue weighted by Crippen LogP contribution is 2.23. The zero-order valence-corrected chi connectivity index (χ0v) is 8.64. The molecule has 82 valence electrons. The standard InChI is InChI=1S/C11H10FN3O/c1-7-2-3-8(12)9(6-7)16-11-5-4-10(13)14-15-11/h2-6H,1H3,(H2,13,14). The Bertz CT molecular complexity index is 499. The fraction of sp³-hybridized carbons (Fsp3) is 0.0909. The van der Waals surface area contributed by atoms with Crippen molar-refractivity contribution in [3.05, 3.63) is 41.7 Å². The van der Waals surface area contributed by atoms with Crippen molar-refractivity contribution < 1.29 is 9.13 Å². The second-order valence-corrected chi connectivity index (χ2v) is 3.33. The van der Waals surface area contributed by atoms with Gasteiger partial charge in [0.05, 0.1) is 0 Å². The van der Waals surface area contributed by atoms with Gasteiger partial charge in [0.25, 0.3) is 0 Å². The molecule has 0 fully saturated rings. The lowest BCUT2D eigenvalue weighted by Gasteiger charge is -2.05. The van der Waals surface area contributed by atoms with E-state index in [0.29, 0.717) is 0 Å². The summed E-state index contributed by atoms with van der Waals surface area (Å²) in [5, 5.41) is 7.29. The molecule has 0 saturated carbocycles. The Morgan fingerprint density at radius 1 is 1.19 bits per heavy atom. The summed E-state index contributed by atoms with van der Waals surface area (Å²) in [7, 11) is 0. The van der Waals surface area contributed by atoms with Crippen LogP contribution in [0.3, 0.4) is 0 Å². The molecule has 0 radical (unpaired) electrons. The van der Waals surface area contributed by atoms with Gasteiger partial charge in [0, 0.05) is 6.07 Å². The topological polar surface area (TPSA) is 61.0 Å². The van der Waals surface area contributed by atoms with Crippen LogP contribution in [0.5, 0.6) is 11.6 Å². The van der Waals surface area contributed by atoms with E-state index >= 15 is 0 Å². The SMILES string of the molecule is Cc1ccc(F)c(Oc2ccc(N)nn2)c1. The quantitative estimate of drug-likeness (QED) is 0.841. The highest BCUT2D eigenvalue weighted by Gasteiger charge is 2.05. The number of halogens is 1. The summed E-state index contributed by atoms with van der Waals surface area (Å²) >= 11 is 0. The van der Waals surface area contributed by atoms with Crippen LogP contribution in [0, 0.1) is 12.7 Å². The maximum Gasteiger partial charge on any atom is 0.239 e. The second-order valence-electron chi connectivity index (χ2n) is 3.33. The van der Waals surface area contributed by atoms with Crippen LogP contribution < -0.4 is 10.5 Å². The molecule has 0 bridgehead atoms. The highest BCUT2D eigenvalue weighted by atomic mass is 19.1. The third kappa shape index (κ3) is 2.25. The van der Waals surface area contributed by atoms with E-state index in [1.807, 2.05) is 6.92 Å². The fourth-order valence-corrected chi connectivity index (χ4v) is 1.19. The van der Waals surface area contributed by atoms with Crippen molar-refractivity contribution in [2.24, 2.45) is 0 Å². The first kappa shape index (κ1) is 10.4. The maximum atomic E-state index is 13.3. The third-order valence-electron chi connectivity index (χ3n) is 1.96. The molecule has 0 amide bonds. The summed E-state index contributed by atoms with van der Waals surface area (Å²) in [5.41, 5.74) is 6.27. The zero-order chi connectivity index (χ0) is 11.5. The van der Waals surface area contributed by atoms with Gasteiger partial charge in [0.15, 0.2) is 11.6 Å². The predicted octanol–water partition coefficient (Wildman–Crippen LogP) is 2.30. The van der Waals surface area contributed by atoms with E-state index in [1.165, 1.54) is 18.2 Å². The van der Waals surface area contributed by atoms with Gasteiger partial charge >= 0.3 is 0 Å². The summed E-state index contributed by atoms with van der Waals surface area (Å²) in [4.78, 5) is 0. The van der Waals surface area contributed by atoms with Crippen molar-refractivity contribution in [3.8, 4) is 11.6 Å². The Hall–Kier alpha value is -2.17. The first-order valence-electron chi connectivity index (χ1n) is 4.68. The molecule has 0 aliphatic heterocycles. The number of ether oxygens (including phenoxy) is 1. The van der Waals surface area contributed by atoms with Crippen LogP contribution in [0.1, 0.15) is 5.56 Å². The van der Waals surface area contributed by atoms with Gasteiger partial charge in [-0.3, -0.25) is 0 Å². The van der Waals surface area contributed by atoms with E-state index in [2.05, 4.69) is 10.2 Å². The molecule has 0 atom stereocenters. The monoisotopic (exact) mass is 219 g/mol. The minimum Gasteiger partial charge on any atom is -0.434 e. The molecule has 2 N–H and O–H groups in total. The Balaban J connectivity index is 2.26. The molecular weight excluding hydrogens is 209 g/mol. The summed E-state index contributed by atoms with van der Waals surface area (Å²) in [5.74, 6) is 0.180. The van der Waals surface area contributed by atoms with Crippen LogP contribution in [-0.2, 0) is 0 Å². The van der Waals surface area contributed by atoms with Crippen LogP contribution in [0.25, 0.3) is 0 Å². The number of hydrogen-bond acceptors (Lipinski definition) is 4. The number of nitrogens with two attached hydrogens (primary N) is 1. The van der Waals surface area contributed by atoms with Gasteiger partial charge < -0.3 is 10.5 Å². The van der Waals surface area contributed by atoms with Crippen LogP contribution in [0.2, 0.25) is 0 Å². The van der Waals surface area contributed by atoms with E-state index in [-0.39, 0.29) is 17.4 Å². The Morgan fingerprint density at radius 3 is 2.69 bits per heavy atom. The molecule has 0 aliphatic carbocycles. The largest absolute Gasteiger partial charge is 0.434 e. The number of nitrogen functional groups attached to an aromatic ring is 1. The smallest absolute Gasteiger partial charge is 0.239 e. The summed E-state index contributed by atoms with van der Waals surface area (Å²) in [6.45, 7) is 1.85. The average molecular weight is 219 g/mol. The number of rotatable bonds is 2. The van der Waals surface area contributed by atoms with E-state index in [9.17, 15) is 4.39 Å².